The number of nitrogens with zero attached hydrogens (tertiary/aromatic N) is 2. The summed E-state index contributed by atoms with van der Waals surface area (Å²) in [6, 6.07) is 34.9. The lowest BCUT2D eigenvalue weighted by atomic mass is 9.56. The highest BCUT2D eigenvalue weighted by molar-refractivity contribution is 5.93. The highest BCUT2D eigenvalue weighted by Gasteiger charge is 2.62. The van der Waals surface area contributed by atoms with Gasteiger partial charge in [-0.15, -0.1) is 0 Å². The Labute approximate surface area is 384 Å². The first-order valence-electron chi connectivity index (χ1n) is 24.6. The molecule has 1 saturated carbocycles. The number of benzene rings is 5. The molecule has 0 N–H and O–H groups in total. The number of aryl methyl sites for hydroxylation is 1. The van der Waals surface area contributed by atoms with Gasteiger partial charge in [0.15, 0.2) is 0 Å². The van der Waals surface area contributed by atoms with Crippen molar-refractivity contribution in [3.63, 3.8) is 0 Å². The van der Waals surface area contributed by atoms with Crippen molar-refractivity contribution in [1.29, 1.82) is 0 Å². The zero-order valence-electron chi connectivity index (χ0n) is 37.9. The fraction of sp³-hybridized carbons (Fsp3) is 0.270. The molecule has 5 aromatic carbocycles. The van der Waals surface area contributed by atoms with E-state index in [9.17, 15) is 0 Å². The lowest BCUT2D eigenvalue weighted by molar-refractivity contribution is 0.384. The summed E-state index contributed by atoms with van der Waals surface area (Å²) in [7, 11) is 0. The summed E-state index contributed by atoms with van der Waals surface area (Å²) >= 11 is 0. The van der Waals surface area contributed by atoms with Crippen LogP contribution in [0.15, 0.2) is 197 Å². The first kappa shape index (κ1) is 37.9. The second-order valence-electron chi connectivity index (χ2n) is 21.2. The van der Waals surface area contributed by atoms with Gasteiger partial charge in [0.25, 0.3) is 0 Å². The molecule has 0 aromatic heterocycles. The predicted molar refractivity (Wildman–Crippen MR) is 273 cm³/mol. The lowest BCUT2D eigenvalue weighted by Crippen LogP contribution is -2.40. The van der Waals surface area contributed by atoms with E-state index in [0.29, 0.717) is 11.8 Å². The van der Waals surface area contributed by atoms with Crippen LogP contribution in [0.4, 0.5) is 17.1 Å². The molecule has 5 atom stereocenters. The van der Waals surface area contributed by atoms with Crippen LogP contribution in [0.3, 0.4) is 0 Å². The van der Waals surface area contributed by atoms with Gasteiger partial charge in [-0.25, -0.2) is 0 Å². The lowest BCUT2D eigenvalue weighted by Gasteiger charge is -2.51. The highest BCUT2D eigenvalue weighted by atomic mass is 15.3. The average molecular weight is 841 g/mol. The monoisotopic (exact) mass is 840 g/mol. The van der Waals surface area contributed by atoms with Crippen molar-refractivity contribution in [1.82, 2.24) is 0 Å². The van der Waals surface area contributed by atoms with E-state index in [1.165, 1.54) is 104 Å². The van der Waals surface area contributed by atoms with Crippen LogP contribution in [-0.2, 0) is 0 Å². The molecule has 0 bridgehead atoms. The van der Waals surface area contributed by atoms with Crippen molar-refractivity contribution in [2.45, 2.75) is 83.6 Å². The van der Waals surface area contributed by atoms with Crippen LogP contribution in [0.2, 0.25) is 0 Å². The molecule has 0 radical (unpaired) electrons. The van der Waals surface area contributed by atoms with E-state index in [1.807, 2.05) is 0 Å². The Morgan fingerprint density at radius 2 is 1.45 bits per heavy atom. The Morgan fingerprint density at radius 3 is 2.28 bits per heavy atom. The smallest absolute Gasteiger partial charge is 0.0527 e. The fourth-order valence-corrected chi connectivity index (χ4v) is 13.9. The summed E-state index contributed by atoms with van der Waals surface area (Å²) < 4.78 is 0. The fourth-order valence-electron chi connectivity index (χ4n) is 13.9. The predicted octanol–water partition coefficient (Wildman–Crippen LogP) is 16.2. The van der Waals surface area contributed by atoms with Gasteiger partial charge in [-0.3, -0.25) is 0 Å². The average Bonchev–Trinajstić information content (AvgIpc) is 4.09. The first-order valence-corrected chi connectivity index (χ1v) is 24.6. The minimum atomic E-state index is 0.0628. The molecule has 0 spiro atoms. The number of fused-ring (bicyclic) bond motifs is 5. The molecular weight excluding hydrogens is 785 g/mol. The van der Waals surface area contributed by atoms with Crippen molar-refractivity contribution >= 4 is 50.8 Å². The van der Waals surface area contributed by atoms with E-state index >= 15 is 0 Å². The number of hydrogen-bond donors (Lipinski definition) is 0. The maximum absolute atomic E-state index is 2.91. The number of anilines is 3. The second-order valence-corrected chi connectivity index (χ2v) is 21.2. The van der Waals surface area contributed by atoms with E-state index < -0.39 is 0 Å². The summed E-state index contributed by atoms with van der Waals surface area (Å²) in [6.07, 6.45) is 38.7. The molecule has 0 aliphatic heterocycles. The topological polar surface area (TPSA) is 6.48 Å². The Morgan fingerprint density at radius 1 is 0.677 bits per heavy atom. The molecule has 5 aromatic rings. The van der Waals surface area contributed by atoms with Crippen LogP contribution < -0.4 is 9.80 Å². The van der Waals surface area contributed by atoms with Gasteiger partial charge in [0.1, 0.15) is 0 Å². The van der Waals surface area contributed by atoms with Crippen molar-refractivity contribution < 1.29 is 0 Å². The van der Waals surface area contributed by atoms with Crippen LogP contribution in [0.25, 0.3) is 33.7 Å². The number of allylic oxidation sites excluding steroid dienone is 15. The van der Waals surface area contributed by atoms with Gasteiger partial charge in [-0.1, -0.05) is 135 Å². The zero-order valence-corrected chi connectivity index (χ0v) is 37.9. The van der Waals surface area contributed by atoms with Gasteiger partial charge < -0.3 is 9.80 Å². The molecule has 4 unspecified atom stereocenters. The molecule has 0 amide bonds. The second kappa shape index (κ2) is 13.8. The Hall–Kier alpha value is -6.38. The Bertz CT molecular complexity index is 3290. The third kappa shape index (κ3) is 5.59. The minimum absolute atomic E-state index is 0.0628. The molecule has 9 aliphatic carbocycles. The Balaban J connectivity index is 0.992. The van der Waals surface area contributed by atoms with Gasteiger partial charge >= 0.3 is 0 Å². The molecule has 65 heavy (non-hydrogen) atoms. The normalized spacial score (nSPS) is 27.0. The minimum Gasteiger partial charge on any atom is -0.334 e. The molecule has 0 saturated heterocycles. The highest BCUT2D eigenvalue weighted by Crippen LogP contribution is 2.67. The van der Waals surface area contributed by atoms with Crippen molar-refractivity contribution in [3.8, 4) is 0 Å². The number of rotatable bonds is 6. The molecule has 2 nitrogen and oxygen atoms in total. The summed E-state index contributed by atoms with van der Waals surface area (Å²) in [5, 5.41) is 5.19. The molecule has 14 rings (SSSR count). The molecule has 9 aliphatic rings. The van der Waals surface area contributed by atoms with E-state index in [2.05, 4.69) is 194 Å². The van der Waals surface area contributed by atoms with Crippen molar-refractivity contribution in [3.05, 3.63) is 219 Å². The van der Waals surface area contributed by atoms with Crippen molar-refractivity contribution in [2.24, 2.45) is 23.2 Å². The first-order chi connectivity index (χ1) is 31.8. The van der Waals surface area contributed by atoms with Crippen LogP contribution in [0.5, 0.6) is 0 Å². The van der Waals surface area contributed by atoms with Crippen LogP contribution >= 0.6 is 0 Å². The largest absolute Gasteiger partial charge is 0.334 e. The Kier molecular flexibility index (Phi) is 8.07. The van der Waals surface area contributed by atoms with E-state index in [4.69, 9.17) is 0 Å². The van der Waals surface area contributed by atoms with Crippen LogP contribution in [0, 0.1) is 30.1 Å². The number of hydrogen-bond acceptors (Lipinski definition) is 2. The van der Waals surface area contributed by atoms with Gasteiger partial charge in [-0.05, 0) is 178 Å². The molecule has 318 valence electrons. The zero-order chi connectivity index (χ0) is 43.2. The SMILES string of the molecule is Cc1cc(N(c2ccc3ccccc3c2)C23CCC4=C(CCC=C4)[C@@H]2C3)c2c3c1C=CC1C(N(C4=CCC5C=CC=CC5=C4)c4ccc5ccccc5c4)=CC4=C(C(=C2)C(C)(C)CC4)C31. The maximum atomic E-state index is 2.91. The van der Waals surface area contributed by atoms with Gasteiger partial charge in [-0.2, -0.15) is 0 Å². The molecule has 2 heteroatoms. The molecule has 0 heterocycles. The third-order valence-electron chi connectivity index (χ3n) is 17.3. The van der Waals surface area contributed by atoms with Gasteiger partial charge in [0, 0.05) is 57.7 Å². The van der Waals surface area contributed by atoms with E-state index in [-0.39, 0.29) is 22.8 Å². The van der Waals surface area contributed by atoms with Crippen LogP contribution in [0.1, 0.15) is 93.4 Å². The van der Waals surface area contributed by atoms with E-state index in [0.717, 1.165) is 19.3 Å². The quantitative estimate of drug-likeness (QED) is 0.168. The molecular formula is C63H56N2. The summed E-state index contributed by atoms with van der Waals surface area (Å²) in [5.41, 5.74) is 22.2. The van der Waals surface area contributed by atoms with Gasteiger partial charge in [0.2, 0.25) is 0 Å². The summed E-state index contributed by atoms with van der Waals surface area (Å²) in [6.45, 7) is 7.46. The van der Waals surface area contributed by atoms with Crippen molar-refractivity contribution in [2.75, 3.05) is 9.80 Å². The standard InChI is InChI=1S/C63H56N2/c1-39-32-58(65(50-25-22-42-14-6-9-18-46(42)35-50)63-31-29-43-15-10-11-19-52(43)56(63)38-63)54-37-55-59-47(28-30-62(55,2)3)36-57(53-27-26-51(39)60(54)61(53)59)64(48-23-20-40-12-4-7-16-44(40)33-48)49-24-21-41-13-5-8-17-45(41)34-49/h4-10,12-18,20,22-27,32-37,41,53,56,61H,11,19,21,28-31,38H2,1-3H3/t41?,53?,56-,61?,63?/m0/s1. The third-order valence-corrected chi connectivity index (χ3v) is 17.3. The van der Waals surface area contributed by atoms with Crippen LogP contribution in [-0.4, -0.2) is 5.54 Å². The molecule has 1 fully saturated rings. The van der Waals surface area contributed by atoms with E-state index in [1.54, 1.807) is 33.4 Å². The summed E-state index contributed by atoms with van der Waals surface area (Å²) in [5.74, 6) is 1.44. The van der Waals surface area contributed by atoms with Gasteiger partial charge in [0.05, 0.1) is 5.54 Å². The summed E-state index contributed by atoms with van der Waals surface area (Å²) in [4.78, 5) is 5.58. The maximum Gasteiger partial charge on any atom is 0.0527 e.